The zero-order valence-corrected chi connectivity index (χ0v) is 4.26. The van der Waals surface area contributed by atoms with Crippen LogP contribution in [0.3, 0.4) is 0 Å². The van der Waals surface area contributed by atoms with Crippen LogP contribution >= 0.6 is 0 Å². The summed E-state index contributed by atoms with van der Waals surface area (Å²) in [5.41, 5.74) is 5.85. The fourth-order valence-electron chi connectivity index (χ4n) is 0.463. The van der Waals surface area contributed by atoms with Gasteiger partial charge in [0.15, 0.2) is 0 Å². The molecule has 1 rings (SSSR count). The highest BCUT2D eigenvalue weighted by atomic mass is 19.1. The highest BCUT2D eigenvalue weighted by molar-refractivity contribution is 5.36. The van der Waals surface area contributed by atoms with E-state index in [0.29, 0.717) is 5.69 Å². The lowest BCUT2D eigenvalue weighted by Gasteiger charge is -1.87. The van der Waals surface area contributed by atoms with Crippen molar-refractivity contribution in [3.63, 3.8) is 0 Å². The molecule has 0 aliphatic heterocycles. The summed E-state index contributed by atoms with van der Waals surface area (Å²) in [5.74, 6) is -0.251. The summed E-state index contributed by atoms with van der Waals surface area (Å²) < 4.78 is 12.0. The lowest BCUT2D eigenvalue weighted by Crippen LogP contribution is -1.82. The van der Waals surface area contributed by atoms with Crippen LogP contribution in [0.15, 0.2) is 24.3 Å². The Morgan fingerprint density at radius 1 is 1.11 bits per heavy atom. The summed E-state index contributed by atoms with van der Waals surface area (Å²) >= 11 is 0. The number of hydrogen-bond donors (Lipinski definition) is 1. The topological polar surface area (TPSA) is 26.0 Å². The van der Waals surface area contributed by atoms with E-state index in [0.717, 1.165) is 0 Å². The standard InChI is InChI=1S/C6H6FN.CH4/c7-5-1-3-6(8)4-2-5;/h1-4H,8H2;1H4. The van der Waals surface area contributed by atoms with E-state index in [-0.39, 0.29) is 13.2 Å². The molecule has 0 aromatic heterocycles. The molecule has 0 spiro atoms. The summed E-state index contributed by atoms with van der Waals surface area (Å²) in [7, 11) is 0. The van der Waals surface area contributed by atoms with E-state index < -0.39 is 0 Å². The van der Waals surface area contributed by atoms with Crippen molar-refractivity contribution in [1.82, 2.24) is 0 Å². The third-order valence-corrected chi connectivity index (χ3v) is 0.870. The van der Waals surface area contributed by atoms with Crippen molar-refractivity contribution < 1.29 is 4.39 Å². The number of rotatable bonds is 0. The minimum Gasteiger partial charge on any atom is -0.399 e. The highest BCUT2D eigenvalue weighted by Gasteiger charge is 1.83. The first-order valence-corrected chi connectivity index (χ1v) is 2.30. The molecule has 1 aromatic carbocycles. The van der Waals surface area contributed by atoms with E-state index in [2.05, 4.69) is 0 Å². The molecule has 0 saturated heterocycles. The number of anilines is 1. The number of halogens is 1. The molecule has 0 fully saturated rings. The molecule has 2 N–H and O–H groups in total. The van der Waals surface area contributed by atoms with E-state index in [1.54, 1.807) is 0 Å². The predicted molar refractivity (Wildman–Crippen MR) is 37.5 cm³/mol. The van der Waals surface area contributed by atoms with E-state index in [1.807, 2.05) is 0 Å². The van der Waals surface area contributed by atoms with Crippen molar-refractivity contribution in [2.75, 3.05) is 5.73 Å². The van der Waals surface area contributed by atoms with Crippen molar-refractivity contribution in [3.8, 4) is 0 Å². The van der Waals surface area contributed by atoms with Crippen LogP contribution in [0.4, 0.5) is 10.1 Å². The van der Waals surface area contributed by atoms with Crippen molar-refractivity contribution in [1.29, 1.82) is 0 Å². The van der Waals surface area contributed by atoms with Gasteiger partial charge in [0.25, 0.3) is 0 Å². The maximum absolute atomic E-state index is 12.0. The lowest BCUT2D eigenvalue weighted by molar-refractivity contribution is 0.628. The van der Waals surface area contributed by atoms with Gasteiger partial charge in [0.05, 0.1) is 0 Å². The van der Waals surface area contributed by atoms with Gasteiger partial charge in [0.1, 0.15) is 5.82 Å². The summed E-state index contributed by atoms with van der Waals surface area (Å²) in [6.07, 6.45) is 0. The van der Waals surface area contributed by atoms with Gasteiger partial charge in [-0.1, -0.05) is 7.43 Å². The van der Waals surface area contributed by atoms with Crippen LogP contribution in [0.25, 0.3) is 0 Å². The van der Waals surface area contributed by atoms with Gasteiger partial charge in [-0.05, 0) is 24.3 Å². The van der Waals surface area contributed by atoms with Crippen LogP contribution in [0.5, 0.6) is 0 Å². The Morgan fingerprint density at radius 3 is 1.89 bits per heavy atom. The molecule has 1 aromatic rings. The van der Waals surface area contributed by atoms with Crippen molar-refractivity contribution in [2.45, 2.75) is 7.43 Å². The second-order valence-electron chi connectivity index (χ2n) is 1.55. The Balaban J connectivity index is 0.000000640. The minimum absolute atomic E-state index is 0. The zero-order valence-electron chi connectivity index (χ0n) is 4.26. The number of benzene rings is 1. The van der Waals surface area contributed by atoms with Gasteiger partial charge in [-0.3, -0.25) is 0 Å². The summed E-state index contributed by atoms with van der Waals surface area (Å²) in [4.78, 5) is 0. The molecular formula is C7H10FN. The molecule has 50 valence electrons. The summed E-state index contributed by atoms with van der Waals surface area (Å²) in [6, 6.07) is 5.70. The SMILES string of the molecule is C.Nc1ccc(F)cc1. The van der Waals surface area contributed by atoms with E-state index in [1.165, 1.54) is 24.3 Å². The Bertz CT molecular complexity index is 148. The van der Waals surface area contributed by atoms with Gasteiger partial charge in [0, 0.05) is 5.69 Å². The van der Waals surface area contributed by atoms with Gasteiger partial charge in [-0.2, -0.15) is 0 Å². The third kappa shape index (κ3) is 2.13. The Kier molecular flexibility index (Phi) is 2.71. The van der Waals surface area contributed by atoms with Crippen LogP contribution in [-0.4, -0.2) is 0 Å². The normalized spacial score (nSPS) is 8.11. The highest BCUT2D eigenvalue weighted by Crippen LogP contribution is 2.01. The molecule has 1 nitrogen and oxygen atoms in total. The van der Waals surface area contributed by atoms with E-state index >= 15 is 0 Å². The number of nitrogens with two attached hydrogens (primary N) is 1. The first kappa shape index (κ1) is 7.95. The average Bonchev–Trinajstić information content (AvgIpc) is 1.77. The second kappa shape index (κ2) is 3.07. The van der Waals surface area contributed by atoms with Crippen molar-refractivity contribution in [2.24, 2.45) is 0 Å². The molecule has 9 heavy (non-hydrogen) atoms. The van der Waals surface area contributed by atoms with Gasteiger partial charge < -0.3 is 5.73 Å². The fourth-order valence-corrected chi connectivity index (χ4v) is 0.463. The average molecular weight is 127 g/mol. The molecule has 0 heterocycles. The molecule has 0 unspecified atom stereocenters. The molecule has 0 atom stereocenters. The van der Waals surface area contributed by atoms with Crippen LogP contribution in [0.1, 0.15) is 7.43 Å². The Morgan fingerprint density at radius 2 is 1.56 bits per heavy atom. The lowest BCUT2D eigenvalue weighted by atomic mass is 10.3. The first-order chi connectivity index (χ1) is 3.79. The third-order valence-electron chi connectivity index (χ3n) is 0.870. The van der Waals surface area contributed by atoms with Gasteiger partial charge in [0.2, 0.25) is 0 Å². The fraction of sp³-hybridized carbons (Fsp3) is 0.143. The van der Waals surface area contributed by atoms with Gasteiger partial charge in [-0.25, -0.2) is 4.39 Å². The molecule has 0 aliphatic rings. The monoisotopic (exact) mass is 127 g/mol. The largest absolute Gasteiger partial charge is 0.399 e. The second-order valence-corrected chi connectivity index (χ2v) is 1.55. The van der Waals surface area contributed by atoms with E-state index in [4.69, 9.17) is 5.73 Å². The quantitative estimate of drug-likeness (QED) is 0.530. The number of nitrogen functional groups attached to an aromatic ring is 1. The van der Waals surface area contributed by atoms with Crippen LogP contribution in [-0.2, 0) is 0 Å². The van der Waals surface area contributed by atoms with Crippen LogP contribution < -0.4 is 5.73 Å². The molecule has 0 amide bonds. The summed E-state index contributed by atoms with van der Waals surface area (Å²) in [6.45, 7) is 0. The molecular weight excluding hydrogens is 117 g/mol. The van der Waals surface area contributed by atoms with Crippen molar-refractivity contribution in [3.05, 3.63) is 30.1 Å². The Labute approximate surface area is 54.3 Å². The maximum Gasteiger partial charge on any atom is 0.123 e. The van der Waals surface area contributed by atoms with Crippen molar-refractivity contribution >= 4 is 5.69 Å². The maximum atomic E-state index is 12.0. The molecule has 0 aliphatic carbocycles. The van der Waals surface area contributed by atoms with Crippen LogP contribution in [0.2, 0.25) is 0 Å². The van der Waals surface area contributed by atoms with E-state index in [9.17, 15) is 4.39 Å². The van der Waals surface area contributed by atoms with Crippen LogP contribution in [0, 0.1) is 5.82 Å². The Hall–Kier alpha value is -1.05. The molecule has 0 radical (unpaired) electrons. The molecule has 0 saturated carbocycles. The molecule has 2 heteroatoms. The van der Waals surface area contributed by atoms with Gasteiger partial charge in [-0.15, -0.1) is 0 Å². The zero-order chi connectivity index (χ0) is 5.98. The predicted octanol–water partition coefficient (Wildman–Crippen LogP) is 2.04. The minimum atomic E-state index is -0.251. The van der Waals surface area contributed by atoms with Gasteiger partial charge >= 0.3 is 0 Å². The first-order valence-electron chi connectivity index (χ1n) is 2.30. The molecule has 0 bridgehead atoms. The summed E-state index contributed by atoms with van der Waals surface area (Å²) in [5, 5.41) is 0. The smallest absolute Gasteiger partial charge is 0.123 e. The number of hydrogen-bond acceptors (Lipinski definition) is 1.